The van der Waals surface area contributed by atoms with Gasteiger partial charge in [0.05, 0.1) is 37.6 Å². The third-order valence-corrected chi connectivity index (χ3v) is 16.2. The number of carbonyl (C=O) groups excluding carboxylic acids is 6. The van der Waals surface area contributed by atoms with Crippen LogP contribution in [0.15, 0.2) is 47.6 Å². The molecule has 0 aromatic heterocycles. The molecule has 3 N–H and O–H groups in total. The van der Waals surface area contributed by atoms with E-state index < -0.39 is 65.7 Å². The van der Waals surface area contributed by atoms with Crippen LogP contribution in [-0.2, 0) is 57.2 Å². The maximum absolute atomic E-state index is 14.6. The molecule has 2 saturated heterocycles. The zero-order valence-corrected chi connectivity index (χ0v) is 46.5. The van der Waals surface area contributed by atoms with Crippen molar-refractivity contribution in [3.63, 3.8) is 0 Å². The number of hydrogen-bond acceptors (Lipinski definition) is 14. The van der Waals surface area contributed by atoms with E-state index in [1.165, 1.54) is 12.0 Å². The first kappa shape index (κ1) is 62.6. The number of carbonyl (C=O) groups is 6. The Balaban J connectivity index is 1.71. The Kier molecular flexibility index (Phi) is 26.0. The lowest BCUT2D eigenvalue weighted by molar-refractivity contribution is -0.266. The molecule has 2 amide bonds. The number of aliphatic hydroxyl groups is 2. The van der Waals surface area contributed by atoms with Gasteiger partial charge in [0.15, 0.2) is 5.78 Å². The van der Waals surface area contributed by atoms with E-state index in [4.69, 9.17) is 28.4 Å². The molecule has 418 valence electrons. The SMILES string of the molecule is CNC(=O)CCCOC1C[C@@H]2CC[C@@H](C)[C@@](O)(O2)C(=O)C(=O)N2CCCC[C@H]2C(=O)O[C@H]([C@H](C)C[C@@H]2CC[C@@H](OCCO)[C@H](OC)C2)CC(=O)[C@H](C)/C=C(\C)[C@@H](C)[C@@H](OC)C(=O)[C@H](C)C[C@H](C)/C=C/C=C/C=C/1C. The van der Waals surface area contributed by atoms with Gasteiger partial charge >= 0.3 is 5.97 Å². The second-order valence-corrected chi connectivity index (χ2v) is 21.9. The number of ketones is 3. The lowest BCUT2D eigenvalue weighted by atomic mass is 9.78. The number of ether oxygens (including phenoxy) is 6. The highest BCUT2D eigenvalue weighted by molar-refractivity contribution is 6.39. The summed E-state index contributed by atoms with van der Waals surface area (Å²) in [5.74, 6) is -7.79. The summed E-state index contributed by atoms with van der Waals surface area (Å²) >= 11 is 0. The highest BCUT2D eigenvalue weighted by Crippen LogP contribution is 2.38. The maximum atomic E-state index is 14.6. The van der Waals surface area contributed by atoms with E-state index in [9.17, 15) is 39.0 Å². The van der Waals surface area contributed by atoms with E-state index in [1.54, 1.807) is 28.0 Å². The number of cyclic esters (lactones) is 1. The maximum Gasteiger partial charge on any atom is 0.329 e. The van der Waals surface area contributed by atoms with Gasteiger partial charge in [0.1, 0.15) is 24.0 Å². The molecule has 0 radical (unpaired) electrons. The van der Waals surface area contributed by atoms with Crippen molar-refractivity contribution in [3.05, 3.63) is 47.6 Å². The molecule has 0 aromatic carbocycles. The Labute approximate surface area is 441 Å². The van der Waals surface area contributed by atoms with Crippen molar-refractivity contribution in [2.24, 2.45) is 41.4 Å². The highest BCUT2D eigenvalue weighted by Gasteiger charge is 2.53. The van der Waals surface area contributed by atoms with Gasteiger partial charge in [-0.05, 0) is 108 Å². The third kappa shape index (κ3) is 17.8. The number of piperidine rings is 1. The van der Waals surface area contributed by atoms with Crippen LogP contribution in [-0.4, -0.2) is 146 Å². The number of allylic oxidation sites excluding steroid dienone is 6. The van der Waals surface area contributed by atoms with Gasteiger partial charge in [-0.25, -0.2) is 4.79 Å². The van der Waals surface area contributed by atoms with Crippen LogP contribution < -0.4 is 5.32 Å². The summed E-state index contributed by atoms with van der Waals surface area (Å²) < 4.78 is 36.6. The standard InChI is InChI=1S/C58H92N2O14/c1-36-18-13-12-14-19-37(2)49(71-28-17-21-52(63)59-9)34-45-24-22-42(7)58(68,74-45)55(65)56(66)60-26-16-15-20-46(60)57(67)73-50(40(5)32-44-23-25-48(72-29-27-61)51(33-44)69-10)35-47(62)39(4)31-38(3)43(8)54(70-11)53(64)41(6)30-36/h12-14,18-19,31,36,39-46,48-51,54,61,68H,15-17,20-30,32-35H2,1-11H3,(H,59,63)/b14-12+,18-13+,37-19+,38-31+/t36-,39-,40-,41-,42-,43-,44+,45+,46+,48-,49?,50+,51-,54-,58-/m1/s1. The number of methoxy groups -OCH3 is 2. The fourth-order valence-electron chi connectivity index (χ4n) is 11.2. The lowest BCUT2D eigenvalue weighted by Crippen LogP contribution is -2.61. The van der Waals surface area contributed by atoms with Crippen LogP contribution in [0.1, 0.15) is 145 Å². The Bertz CT molecular complexity index is 1980. The molecular formula is C58H92N2O14. The molecule has 1 unspecified atom stereocenters. The van der Waals surface area contributed by atoms with Crippen molar-refractivity contribution in [2.45, 2.75) is 194 Å². The first-order chi connectivity index (χ1) is 35.2. The topological polar surface area (TPSA) is 214 Å². The summed E-state index contributed by atoms with van der Waals surface area (Å²) in [6.07, 6.45) is 14.8. The van der Waals surface area contributed by atoms with Crippen LogP contribution in [0, 0.1) is 41.4 Å². The van der Waals surface area contributed by atoms with Gasteiger partial charge in [0, 0.05) is 77.4 Å². The molecule has 3 heterocycles. The second-order valence-electron chi connectivity index (χ2n) is 21.9. The molecule has 74 heavy (non-hydrogen) atoms. The molecule has 0 aromatic rings. The number of hydrogen-bond donors (Lipinski definition) is 3. The Morgan fingerprint density at radius 2 is 1.62 bits per heavy atom. The summed E-state index contributed by atoms with van der Waals surface area (Å²) in [4.78, 5) is 85.1. The predicted octanol–water partition coefficient (Wildman–Crippen LogP) is 7.37. The molecule has 0 spiro atoms. The monoisotopic (exact) mass is 1040 g/mol. The van der Waals surface area contributed by atoms with Gasteiger partial charge in [-0.15, -0.1) is 0 Å². The summed E-state index contributed by atoms with van der Waals surface area (Å²) in [6.45, 7) is 15.6. The average molecular weight is 1040 g/mol. The van der Waals surface area contributed by atoms with E-state index in [-0.39, 0.29) is 111 Å². The number of esters is 1. The minimum absolute atomic E-state index is 0.0244. The van der Waals surface area contributed by atoms with Crippen LogP contribution in [0.2, 0.25) is 0 Å². The molecule has 2 bridgehead atoms. The molecule has 4 aliphatic rings. The number of nitrogens with one attached hydrogen (secondary N) is 1. The lowest BCUT2D eigenvalue weighted by Gasteiger charge is -2.43. The molecule has 4 rings (SSSR count). The van der Waals surface area contributed by atoms with Gasteiger partial charge < -0.3 is 48.9 Å². The molecule has 1 saturated carbocycles. The fourth-order valence-corrected chi connectivity index (χ4v) is 11.2. The number of nitrogens with zero attached hydrogens (tertiary/aromatic N) is 1. The van der Waals surface area contributed by atoms with Crippen molar-refractivity contribution in [2.75, 3.05) is 47.6 Å². The Morgan fingerprint density at radius 3 is 2.31 bits per heavy atom. The third-order valence-electron chi connectivity index (χ3n) is 16.2. The fraction of sp³-hybridized carbons (Fsp3) is 0.759. The van der Waals surface area contributed by atoms with Crippen LogP contribution in [0.25, 0.3) is 0 Å². The smallest absolute Gasteiger partial charge is 0.329 e. The number of rotatable bonds is 13. The zero-order chi connectivity index (χ0) is 54.7. The van der Waals surface area contributed by atoms with Crippen molar-refractivity contribution >= 4 is 35.1 Å². The second kappa shape index (κ2) is 30.7. The largest absolute Gasteiger partial charge is 0.460 e. The number of fused-ring (bicyclic) bond motifs is 3. The summed E-state index contributed by atoms with van der Waals surface area (Å²) in [7, 11) is 4.75. The number of aliphatic hydroxyl groups excluding tert-OH is 1. The van der Waals surface area contributed by atoms with Crippen molar-refractivity contribution in [1.82, 2.24) is 10.2 Å². The van der Waals surface area contributed by atoms with E-state index in [2.05, 4.69) is 12.2 Å². The molecule has 3 aliphatic heterocycles. The van der Waals surface area contributed by atoms with E-state index in [0.29, 0.717) is 57.8 Å². The van der Waals surface area contributed by atoms with Gasteiger partial charge in [0.2, 0.25) is 11.7 Å². The van der Waals surface area contributed by atoms with Crippen LogP contribution >= 0.6 is 0 Å². The van der Waals surface area contributed by atoms with E-state index >= 15 is 0 Å². The highest BCUT2D eigenvalue weighted by atomic mass is 16.6. The summed E-state index contributed by atoms with van der Waals surface area (Å²) in [6, 6.07) is -1.14. The first-order valence-electron chi connectivity index (χ1n) is 27.5. The van der Waals surface area contributed by atoms with Crippen LogP contribution in [0.5, 0.6) is 0 Å². The Morgan fingerprint density at radius 1 is 0.878 bits per heavy atom. The minimum atomic E-state index is -2.48. The van der Waals surface area contributed by atoms with E-state index in [1.807, 2.05) is 71.1 Å². The minimum Gasteiger partial charge on any atom is -0.460 e. The molecular weight excluding hydrogens is 949 g/mol. The van der Waals surface area contributed by atoms with Gasteiger partial charge in [0.25, 0.3) is 11.7 Å². The predicted molar refractivity (Wildman–Crippen MR) is 281 cm³/mol. The molecule has 16 nitrogen and oxygen atoms in total. The molecule has 1 aliphatic carbocycles. The van der Waals surface area contributed by atoms with Crippen molar-refractivity contribution in [1.29, 1.82) is 0 Å². The number of amides is 2. The van der Waals surface area contributed by atoms with E-state index in [0.717, 1.165) is 17.6 Å². The first-order valence-corrected chi connectivity index (χ1v) is 27.5. The normalized spacial score (nSPS) is 36.9. The average Bonchev–Trinajstić information content (AvgIpc) is 3.38. The van der Waals surface area contributed by atoms with Crippen molar-refractivity contribution in [3.8, 4) is 0 Å². The van der Waals surface area contributed by atoms with Crippen LogP contribution in [0.3, 0.4) is 0 Å². The van der Waals surface area contributed by atoms with Crippen LogP contribution in [0.4, 0.5) is 0 Å². The number of Topliss-reactive ketones (excluding diaryl/α,β-unsaturated/α-hetero) is 3. The summed E-state index contributed by atoms with van der Waals surface area (Å²) in [5, 5.41) is 24.2. The molecule has 16 heteroatoms. The quantitative estimate of drug-likeness (QED) is 0.0712. The molecule has 15 atom stereocenters. The summed E-state index contributed by atoms with van der Waals surface area (Å²) in [5.41, 5.74) is 1.66. The molecule has 3 fully saturated rings. The zero-order valence-electron chi connectivity index (χ0n) is 46.5. The van der Waals surface area contributed by atoms with Gasteiger partial charge in [-0.2, -0.15) is 0 Å². The van der Waals surface area contributed by atoms with Gasteiger partial charge in [-0.3, -0.25) is 24.0 Å². The Hall–Kier alpha value is -3.90. The van der Waals surface area contributed by atoms with Crippen molar-refractivity contribution < 1.29 is 67.4 Å². The van der Waals surface area contributed by atoms with Gasteiger partial charge in [-0.1, -0.05) is 83.6 Å².